The molecule has 0 saturated heterocycles. The number of carbonyl (C=O) groups is 3. The van der Waals surface area contributed by atoms with Gasteiger partial charge < -0.3 is 10.4 Å². The number of hydrogen-bond acceptors (Lipinski definition) is 4. The zero-order valence-electron chi connectivity index (χ0n) is 13.3. The molecule has 0 bridgehead atoms. The van der Waals surface area contributed by atoms with Gasteiger partial charge in [-0.15, -0.1) is 11.8 Å². The van der Waals surface area contributed by atoms with Crippen LogP contribution in [-0.4, -0.2) is 28.0 Å². The second-order valence-electron chi connectivity index (χ2n) is 5.19. The average Bonchev–Trinajstić information content (AvgIpc) is 2.55. The van der Waals surface area contributed by atoms with Gasteiger partial charge >= 0.3 is 5.97 Å². The first-order valence-electron chi connectivity index (χ1n) is 7.29. The lowest BCUT2D eigenvalue weighted by atomic mass is 10.1. The van der Waals surface area contributed by atoms with Gasteiger partial charge in [-0.05, 0) is 38.1 Å². The second kappa shape index (κ2) is 7.79. The average molecular weight is 343 g/mol. The third-order valence-corrected chi connectivity index (χ3v) is 4.50. The topological polar surface area (TPSA) is 83.5 Å². The molecule has 2 aromatic carbocycles. The van der Waals surface area contributed by atoms with Crippen molar-refractivity contribution in [3.05, 3.63) is 59.7 Å². The van der Waals surface area contributed by atoms with E-state index >= 15 is 0 Å². The number of ketones is 1. The number of benzene rings is 2. The van der Waals surface area contributed by atoms with E-state index in [-0.39, 0.29) is 17.3 Å². The van der Waals surface area contributed by atoms with Gasteiger partial charge in [0, 0.05) is 16.1 Å². The Morgan fingerprint density at radius 3 is 2.46 bits per heavy atom. The molecule has 6 heteroatoms. The summed E-state index contributed by atoms with van der Waals surface area (Å²) in [5, 5.41) is 11.4. The number of nitrogens with one attached hydrogen (secondary N) is 1. The molecular weight excluding hydrogens is 326 g/mol. The van der Waals surface area contributed by atoms with Crippen LogP contribution in [0.3, 0.4) is 0 Å². The highest BCUT2D eigenvalue weighted by molar-refractivity contribution is 8.00. The zero-order valence-corrected chi connectivity index (χ0v) is 14.1. The summed E-state index contributed by atoms with van der Waals surface area (Å²) in [7, 11) is 0. The van der Waals surface area contributed by atoms with E-state index in [0.717, 1.165) is 0 Å². The van der Waals surface area contributed by atoms with Crippen LogP contribution in [-0.2, 0) is 4.79 Å². The van der Waals surface area contributed by atoms with Crippen molar-refractivity contribution in [1.82, 2.24) is 0 Å². The number of aromatic carboxylic acids is 1. The Morgan fingerprint density at radius 2 is 1.79 bits per heavy atom. The van der Waals surface area contributed by atoms with E-state index in [4.69, 9.17) is 0 Å². The number of anilines is 1. The molecular formula is C18H17NO4S. The predicted octanol–water partition coefficient (Wildman–Crippen LogP) is 3.71. The Labute approximate surface area is 144 Å². The molecule has 124 valence electrons. The van der Waals surface area contributed by atoms with E-state index in [2.05, 4.69) is 5.32 Å². The lowest BCUT2D eigenvalue weighted by Crippen LogP contribution is -2.22. The Hall–Kier alpha value is -2.60. The van der Waals surface area contributed by atoms with Gasteiger partial charge in [0.05, 0.1) is 10.8 Å². The van der Waals surface area contributed by atoms with Crippen molar-refractivity contribution in [2.75, 3.05) is 5.32 Å². The van der Waals surface area contributed by atoms with Crippen LogP contribution >= 0.6 is 11.8 Å². The highest BCUT2D eigenvalue weighted by Crippen LogP contribution is 2.27. The van der Waals surface area contributed by atoms with Crippen LogP contribution < -0.4 is 5.32 Å². The van der Waals surface area contributed by atoms with E-state index in [9.17, 15) is 19.5 Å². The Kier molecular flexibility index (Phi) is 5.76. The summed E-state index contributed by atoms with van der Waals surface area (Å²) in [4.78, 5) is 35.5. The third-order valence-electron chi connectivity index (χ3n) is 3.33. The zero-order chi connectivity index (χ0) is 17.7. The second-order valence-corrected chi connectivity index (χ2v) is 6.57. The van der Waals surface area contributed by atoms with Crippen molar-refractivity contribution >= 4 is 35.1 Å². The molecule has 0 saturated carbocycles. The maximum Gasteiger partial charge on any atom is 0.336 e. The number of carboxylic acid groups (broad SMARTS) is 1. The largest absolute Gasteiger partial charge is 0.478 e. The first-order chi connectivity index (χ1) is 11.4. The molecule has 1 amide bonds. The monoisotopic (exact) mass is 343 g/mol. The van der Waals surface area contributed by atoms with Crippen molar-refractivity contribution < 1.29 is 19.5 Å². The summed E-state index contributed by atoms with van der Waals surface area (Å²) in [5.41, 5.74) is 1.22. The molecule has 2 aromatic rings. The van der Waals surface area contributed by atoms with Gasteiger partial charge in [0.15, 0.2) is 5.78 Å². The molecule has 0 aliphatic rings. The standard InChI is InChI=1S/C18H17NO4S/c1-11(20)13-6-5-7-14(10-13)19-17(21)12(2)24-16-9-4-3-8-15(16)18(22)23/h3-10,12H,1-2H3,(H,19,21)(H,22,23). The molecule has 0 radical (unpaired) electrons. The van der Waals surface area contributed by atoms with Gasteiger partial charge in [-0.3, -0.25) is 9.59 Å². The smallest absolute Gasteiger partial charge is 0.336 e. The first kappa shape index (κ1) is 17.7. The molecule has 0 aromatic heterocycles. The van der Waals surface area contributed by atoms with E-state index < -0.39 is 11.2 Å². The molecule has 1 unspecified atom stereocenters. The van der Waals surface area contributed by atoms with Crippen LogP contribution in [0.25, 0.3) is 0 Å². The quantitative estimate of drug-likeness (QED) is 0.617. The van der Waals surface area contributed by atoms with Crippen molar-refractivity contribution in [3.63, 3.8) is 0 Å². The molecule has 5 nitrogen and oxygen atoms in total. The number of carboxylic acids is 1. The molecule has 2 rings (SSSR count). The molecule has 0 aliphatic carbocycles. The van der Waals surface area contributed by atoms with E-state index in [1.165, 1.54) is 24.8 Å². The van der Waals surface area contributed by atoms with Crippen LogP contribution in [0.2, 0.25) is 0 Å². The SMILES string of the molecule is CC(=O)c1cccc(NC(=O)C(C)Sc2ccccc2C(=O)O)c1. The fraction of sp³-hybridized carbons (Fsp3) is 0.167. The summed E-state index contributed by atoms with van der Waals surface area (Å²) < 4.78 is 0. The Morgan fingerprint density at radius 1 is 1.08 bits per heavy atom. The molecule has 2 N–H and O–H groups in total. The van der Waals surface area contributed by atoms with Crippen molar-refractivity contribution in [2.24, 2.45) is 0 Å². The number of thioether (sulfide) groups is 1. The molecule has 24 heavy (non-hydrogen) atoms. The molecule has 0 heterocycles. The maximum atomic E-state index is 12.3. The normalized spacial score (nSPS) is 11.6. The summed E-state index contributed by atoms with van der Waals surface area (Å²) in [6, 6.07) is 13.3. The molecule has 0 spiro atoms. The predicted molar refractivity (Wildman–Crippen MR) is 93.8 cm³/mol. The Bertz CT molecular complexity index is 788. The van der Waals surface area contributed by atoms with Crippen LogP contribution in [0.1, 0.15) is 34.6 Å². The fourth-order valence-corrected chi connectivity index (χ4v) is 3.04. The summed E-state index contributed by atoms with van der Waals surface area (Å²) >= 11 is 1.18. The summed E-state index contributed by atoms with van der Waals surface area (Å²) in [6.45, 7) is 3.16. The highest BCUT2D eigenvalue weighted by atomic mass is 32.2. The van der Waals surface area contributed by atoms with Crippen molar-refractivity contribution in [2.45, 2.75) is 24.0 Å². The van der Waals surface area contributed by atoms with Gasteiger partial charge in [0.1, 0.15) is 0 Å². The molecule has 0 aliphatic heterocycles. The van der Waals surface area contributed by atoms with Crippen LogP contribution in [0.4, 0.5) is 5.69 Å². The minimum absolute atomic E-state index is 0.0797. The minimum atomic E-state index is -1.03. The number of rotatable bonds is 6. The van der Waals surface area contributed by atoms with Crippen LogP contribution in [0.15, 0.2) is 53.4 Å². The number of carbonyl (C=O) groups excluding carboxylic acids is 2. The number of hydrogen-bond donors (Lipinski definition) is 2. The molecule has 0 fully saturated rings. The van der Waals surface area contributed by atoms with E-state index in [0.29, 0.717) is 16.1 Å². The lowest BCUT2D eigenvalue weighted by Gasteiger charge is -2.13. The van der Waals surface area contributed by atoms with Gasteiger partial charge in [-0.25, -0.2) is 4.79 Å². The summed E-state index contributed by atoms with van der Waals surface area (Å²) in [6.07, 6.45) is 0. The maximum absolute atomic E-state index is 12.3. The summed E-state index contributed by atoms with van der Waals surface area (Å²) in [5.74, 6) is -1.37. The van der Waals surface area contributed by atoms with Crippen molar-refractivity contribution in [3.8, 4) is 0 Å². The number of amides is 1. The Balaban J connectivity index is 2.09. The first-order valence-corrected chi connectivity index (χ1v) is 8.17. The minimum Gasteiger partial charge on any atom is -0.478 e. The van der Waals surface area contributed by atoms with E-state index in [1.54, 1.807) is 49.4 Å². The highest BCUT2D eigenvalue weighted by Gasteiger charge is 2.18. The van der Waals surface area contributed by atoms with Crippen LogP contribution in [0, 0.1) is 0 Å². The third kappa shape index (κ3) is 4.45. The fourth-order valence-electron chi connectivity index (χ4n) is 2.05. The lowest BCUT2D eigenvalue weighted by molar-refractivity contribution is -0.115. The van der Waals surface area contributed by atoms with Gasteiger partial charge in [0.25, 0.3) is 0 Å². The van der Waals surface area contributed by atoms with E-state index in [1.807, 2.05) is 0 Å². The van der Waals surface area contributed by atoms with Gasteiger partial charge in [-0.1, -0.05) is 24.3 Å². The van der Waals surface area contributed by atoms with Gasteiger partial charge in [-0.2, -0.15) is 0 Å². The van der Waals surface area contributed by atoms with Crippen molar-refractivity contribution in [1.29, 1.82) is 0 Å². The molecule has 1 atom stereocenters. The number of Topliss-reactive ketones (excluding diaryl/α,β-unsaturated/α-hetero) is 1. The van der Waals surface area contributed by atoms with Gasteiger partial charge in [0.2, 0.25) is 5.91 Å². The van der Waals surface area contributed by atoms with Crippen LogP contribution in [0.5, 0.6) is 0 Å².